The molecule has 0 N–H and O–H groups in total. The summed E-state index contributed by atoms with van der Waals surface area (Å²) in [5.41, 5.74) is 3.86. The van der Waals surface area contributed by atoms with Gasteiger partial charge in [-0.25, -0.2) is 0 Å². The molecule has 0 aliphatic heterocycles. The standard InChI is InChI=1S/C15H16BrN/c1-12-5-3-8-15(9-12)17(2)11-13-6-4-7-14(16)10-13/h3-10H,11H2,1-2H3. The van der Waals surface area contributed by atoms with Crippen LogP contribution in [0.15, 0.2) is 53.0 Å². The Hall–Kier alpha value is -1.28. The van der Waals surface area contributed by atoms with Crippen molar-refractivity contribution in [1.82, 2.24) is 0 Å². The maximum atomic E-state index is 3.50. The number of hydrogen-bond donors (Lipinski definition) is 0. The highest BCUT2D eigenvalue weighted by Gasteiger charge is 2.02. The third-order valence-corrected chi connectivity index (χ3v) is 3.24. The molecule has 2 aromatic rings. The lowest BCUT2D eigenvalue weighted by Gasteiger charge is -2.20. The highest BCUT2D eigenvalue weighted by atomic mass is 79.9. The number of halogens is 1. The molecular weight excluding hydrogens is 274 g/mol. The Bertz CT molecular complexity index is 508. The lowest BCUT2D eigenvalue weighted by atomic mass is 10.2. The molecule has 0 spiro atoms. The largest absolute Gasteiger partial charge is 0.370 e. The van der Waals surface area contributed by atoms with Gasteiger partial charge in [0.25, 0.3) is 0 Å². The van der Waals surface area contributed by atoms with E-state index in [4.69, 9.17) is 0 Å². The van der Waals surface area contributed by atoms with Gasteiger partial charge in [-0.2, -0.15) is 0 Å². The maximum Gasteiger partial charge on any atom is 0.0426 e. The average molecular weight is 290 g/mol. The minimum atomic E-state index is 0.920. The molecule has 0 amide bonds. The van der Waals surface area contributed by atoms with E-state index in [1.54, 1.807) is 0 Å². The van der Waals surface area contributed by atoms with Crippen molar-refractivity contribution in [3.8, 4) is 0 Å². The Balaban J connectivity index is 2.14. The topological polar surface area (TPSA) is 3.24 Å². The van der Waals surface area contributed by atoms with E-state index in [1.165, 1.54) is 16.8 Å². The lowest BCUT2D eigenvalue weighted by molar-refractivity contribution is 0.921. The summed E-state index contributed by atoms with van der Waals surface area (Å²) in [4.78, 5) is 2.26. The van der Waals surface area contributed by atoms with Gasteiger partial charge in [-0.05, 0) is 42.3 Å². The Kier molecular flexibility index (Phi) is 3.85. The third-order valence-electron chi connectivity index (χ3n) is 2.75. The lowest BCUT2D eigenvalue weighted by Crippen LogP contribution is -2.16. The van der Waals surface area contributed by atoms with Crippen molar-refractivity contribution in [3.63, 3.8) is 0 Å². The molecular formula is C15H16BrN. The fraction of sp³-hybridized carbons (Fsp3) is 0.200. The highest BCUT2D eigenvalue weighted by Crippen LogP contribution is 2.18. The van der Waals surface area contributed by atoms with Crippen molar-refractivity contribution in [2.24, 2.45) is 0 Å². The van der Waals surface area contributed by atoms with Gasteiger partial charge in [-0.1, -0.05) is 40.2 Å². The molecule has 0 saturated carbocycles. The second-order valence-electron chi connectivity index (χ2n) is 4.32. The Morgan fingerprint density at radius 2 is 1.82 bits per heavy atom. The van der Waals surface area contributed by atoms with Crippen molar-refractivity contribution >= 4 is 21.6 Å². The number of benzene rings is 2. The van der Waals surface area contributed by atoms with Gasteiger partial charge in [0, 0.05) is 23.8 Å². The van der Waals surface area contributed by atoms with Crippen LogP contribution in [0.4, 0.5) is 5.69 Å². The monoisotopic (exact) mass is 289 g/mol. The zero-order chi connectivity index (χ0) is 12.3. The van der Waals surface area contributed by atoms with Crippen LogP contribution in [-0.2, 0) is 6.54 Å². The molecule has 88 valence electrons. The molecule has 0 atom stereocenters. The summed E-state index contributed by atoms with van der Waals surface area (Å²) >= 11 is 3.50. The number of anilines is 1. The van der Waals surface area contributed by atoms with E-state index in [1.807, 2.05) is 0 Å². The molecule has 0 bridgehead atoms. The fourth-order valence-corrected chi connectivity index (χ4v) is 2.31. The van der Waals surface area contributed by atoms with Crippen LogP contribution in [0, 0.1) is 6.92 Å². The molecule has 2 heteroatoms. The highest BCUT2D eigenvalue weighted by molar-refractivity contribution is 9.10. The molecule has 17 heavy (non-hydrogen) atoms. The average Bonchev–Trinajstić information content (AvgIpc) is 2.29. The SMILES string of the molecule is Cc1cccc(N(C)Cc2cccc(Br)c2)c1. The first kappa shape index (κ1) is 12.2. The van der Waals surface area contributed by atoms with Crippen molar-refractivity contribution in [2.45, 2.75) is 13.5 Å². The van der Waals surface area contributed by atoms with Crippen LogP contribution >= 0.6 is 15.9 Å². The second kappa shape index (κ2) is 5.37. The predicted octanol–water partition coefficient (Wildman–Crippen LogP) is 4.39. The predicted molar refractivity (Wildman–Crippen MR) is 77.4 cm³/mol. The summed E-state index contributed by atoms with van der Waals surface area (Å²) in [6.45, 7) is 3.04. The van der Waals surface area contributed by atoms with E-state index in [-0.39, 0.29) is 0 Å². The maximum absolute atomic E-state index is 3.50. The molecule has 0 aromatic heterocycles. The first-order chi connectivity index (χ1) is 8.15. The molecule has 0 aliphatic rings. The van der Waals surface area contributed by atoms with E-state index >= 15 is 0 Å². The second-order valence-corrected chi connectivity index (χ2v) is 5.24. The van der Waals surface area contributed by atoms with E-state index in [0.717, 1.165) is 11.0 Å². The first-order valence-electron chi connectivity index (χ1n) is 5.67. The Morgan fingerprint density at radius 1 is 1.06 bits per heavy atom. The number of hydrogen-bond acceptors (Lipinski definition) is 1. The summed E-state index contributed by atoms with van der Waals surface area (Å²) in [6, 6.07) is 17.0. The van der Waals surface area contributed by atoms with E-state index in [0.29, 0.717) is 0 Å². The number of nitrogens with zero attached hydrogens (tertiary/aromatic N) is 1. The van der Waals surface area contributed by atoms with Gasteiger partial charge in [-0.3, -0.25) is 0 Å². The number of rotatable bonds is 3. The summed E-state index contributed by atoms with van der Waals surface area (Å²) in [5, 5.41) is 0. The van der Waals surface area contributed by atoms with Gasteiger partial charge in [-0.15, -0.1) is 0 Å². The van der Waals surface area contributed by atoms with Crippen molar-refractivity contribution in [1.29, 1.82) is 0 Å². The molecule has 0 aliphatic carbocycles. The molecule has 2 rings (SSSR count). The fourth-order valence-electron chi connectivity index (χ4n) is 1.87. The summed E-state index contributed by atoms with van der Waals surface area (Å²) in [5.74, 6) is 0. The van der Waals surface area contributed by atoms with E-state index < -0.39 is 0 Å². The van der Waals surface area contributed by atoms with E-state index in [9.17, 15) is 0 Å². The minimum Gasteiger partial charge on any atom is -0.370 e. The van der Waals surface area contributed by atoms with Crippen LogP contribution < -0.4 is 4.90 Å². The van der Waals surface area contributed by atoms with Crippen LogP contribution in [0.2, 0.25) is 0 Å². The van der Waals surface area contributed by atoms with Crippen LogP contribution in [0.1, 0.15) is 11.1 Å². The molecule has 0 radical (unpaired) electrons. The normalized spacial score (nSPS) is 10.3. The molecule has 2 aromatic carbocycles. The van der Waals surface area contributed by atoms with Crippen LogP contribution in [0.3, 0.4) is 0 Å². The summed E-state index contributed by atoms with van der Waals surface area (Å²) in [6.07, 6.45) is 0. The molecule has 0 heterocycles. The van der Waals surface area contributed by atoms with Gasteiger partial charge in [0.05, 0.1) is 0 Å². The zero-order valence-electron chi connectivity index (χ0n) is 10.2. The van der Waals surface area contributed by atoms with Gasteiger partial charge >= 0.3 is 0 Å². The first-order valence-corrected chi connectivity index (χ1v) is 6.47. The molecule has 0 saturated heterocycles. The van der Waals surface area contributed by atoms with Gasteiger partial charge in [0.2, 0.25) is 0 Å². The molecule has 1 nitrogen and oxygen atoms in total. The quantitative estimate of drug-likeness (QED) is 0.810. The van der Waals surface area contributed by atoms with Gasteiger partial charge < -0.3 is 4.90 Å². The van der Waals surface area contributed by atoms with Crippen LogP contribution in [0.5, 0.6) is 0 Å². The third kappa shape index (κ3) is 3.34. The Morgan fingerprint density at radius 3 is 2.53 bits per heavy atom. The molecule has 0 unspecified atom stereocenters. The molecule has 0 fully saturated rings. The smallest absolute Gasteiger partial charge is 0.0426 e. The van der Waals surface area contributed by atoms with Gasteiger partial charge in [0.15, 0.2) is 0 Å². The zero-order valence-corrected chi connectivity index (χ0v) is 11.7. The van der Waals surface area contributed by atoms with Crippen LogP contribution in [-0.4, -0.2) is 7.05 Å². The van der Waals surface area contributed by atoms with Crippen molar-refractivity contribution < 1.29 is 0 Å². The van der Waals surface area contributed by atoms with Crippen molar-refractivity contribution in [2.75, 3.05) is 11.9 Å². The summed E-state index contributed by atoms with van der Waals surface area (Å²) in [7, 11) is 2.12. The summed E-state index contributed by atoms with van der Waals surface area (Å²) < 4.78 is 1.13. The van der Waals surface area contributed by atoms with E-state index in [2.05, 4.69) is 83.3 Å². The van der Waals surface area contributed by atoms with Crippen LogP contribution in [0.25, 0.3) is 0 Å². The number of aryl methyl sites for hydroxylation is 1. The van der Waals surface area contributed by atoms with Crippen molar-refractivity contribution in [3.05, 3.63) is 64.1 Å². The minimum absolute atomic E-state index is 0.920. The van der Waals surface area contributed by atoms with Gasteiger partial charge in [0.1, 0.15) is 0 Å². The Labute approximate surface area is 111 Å².